The molecule has 1 fully saturated rings. The van der Waals surface area contributed by atoms with E-state index in [0.717, 1.165) is 37.7 Å². The second kappa shape index (κ2) is 12.2. The van der Waals surface area contributed by atoms with Crippen molar-refractivity contribution in [2.24, 2.45) is 5.92 Å². The van der Waals surface area contributed by atoms with Crippen LogP contribution in [0.3, 0.4) is 0 Å². The van der Waals surface area contributed by atoms with Crippen LogP contribution in [0.25, 0.3) is 0 Å². The van der Waals surface area contributed by atoms with Gasteiger partial charge in [0.25, 0.3) is 5.91 Å². The minimum absolute atomic E-state index is 0.0647. The van der Waals surface area contributed by atoms with Gasteiger partial charge in [-0.15, -0.1) is 11.3 Å². The molecule has 10 heteroatoms. The van der Waals surface area contributed by atoms with Crippen LogP contribution < -0.4 is 16.1 Å². The second-order valence-electron chi connectivity index (χ2n) is 7.80. The van der Waals surface area contributed by atoms with Crippen molar-refractivity contribution in [2.75, 3.05) is 0 Å². The molecule has 1 aromatic heterocycles. The second-order valence-corrected chi connectivity index (χ2v) is 8.52. The van der Waals surface area contributed by atoms with Gasteiger partial charge in [-0.3, -0.25) is 14.8 Å². The third kappa shape index (κ3) is 7.03. The molecule has 0 aliphatic heterocycles. The first kappa shape index (κ1) is 23.7. The van der Waals surface area contributed by atoms with Crippen LogP contribution in [-0.2, 0) is 27.4 Å². The number of amides is 3. The Balaban J connectivity index is 1.66. The maximum absolute atomic E-state index is 13.2. The number of carbonyl (C=O) groups is 3. The quantitative estimate of drug-likeness (QED) is 0.336. The van der Waals surface area contributed by atoms with Gasteiger partial charge >= 0.3 is 6.09 Å². The summed E-state index contributed by atoms with van der Waals surface area (Å²) in [5.41, 5.74) is 4.67. The third-order valence-corrected chi connectivity index (χ3v) is 6.16. The topological polar surface area (TPSA) is 130 Å². The highest BCUT2D eigenvalue weighted by atomic mass is 32.1. The van der Waals surface area contributed by atoms with E-state index in [1.807, 2.05) is 30.3 Å². The van der Waals surface area contributed by atoms with E-state index in [-0.39, 0.29) is 18.9 Å². The first-order valence-corrected chi connectivity index (χ1v) is 11.6. The molecule has 0 bridgehead atoms. The van der Waals surface area contributed by atoms with E-state index >= 15 is 0 Å². The zero-order valence-electron chi connectivity index (χ0n) is 17.7. The summed E-state index contributed by atoms with van der Waals surface area (Å²) in [4.78, 5) is 41.9. The Kier molecular flexibility index (Phi) is 9.00. The van der Waals surface area contributed by atoms with Crippen LogP contribution in [-0.4, -0.2) is 40.2 Å². The minimum atomic E-state index is -1.03. The van der Waals surface area contributed by atoms with Gasteiger partial charge in [-0.1, -0.05) is 49.6 Å². The maximum atomic E-state index is 13.2. The number of hydroxylamine groups is 1. The lowest BCUT2D eigenvalue weighted by atomic mass is 9.83. The van der Waals surface area contributed by atoms with Crippen molar-refractivity contribution in [3.8, 4) is 0 Å². The van der Waals surface area contributed by atoms with Gasteiger partial charge in [-0.25, -0.2) is 15.3 Å². The van der Waals surface area contributed by atoms with E-state index in [2.05, 4.69) is 15.6 Å². The number of carbonyl (C=O) groups excluding carboxylic acids is 3. The van der Waals surface area contributed by atoms with E-state index in [1.54, 1.807) is 16.4 Å². The molecule has 2 atom stereocenters. The molecule has 2 unspecified atom stereocenters. The molecule has 3 rings (SSSR count). The lowest BCUT2D eigenvalue weighted by Gasteiger charge is -2.30. The summed E-state index contributed by atoms with van der Waals surface area (Å²) < 4.78 is 5.30. The number of aromatic nitrogens is 1. The van der Waals surface area contributed by atoms with Gasteiger partial charge < -0.3 is 15.4 Å². The molecular weight excluding hydrogens is 432 g/mol. The molecular formula is C22H28N4O5S. The fourth-order valence-electron chi connectivity index (χ4n) is 3.85. The fourth-order valence-corrected chi connectivity index (χ4v) is 4.42. The van der Waals surface area contributed by atoms with Gasteiger partial charge in [0.1, 0.15) is 18.7 Å². The van der Waals surface area contributed by atoms with Gasteiger partial charge in [-0.2, -0.15) is 0 Å². The summed E-state index contributed by atoms with van der Waals surface area (Å²) >= 11 is 1.37. The predicted molar refractivity (Wildman–Crippen MR) is 118 cm³/mol. The predicted octanol–water partition coefficient (Wildman–Crippen LogP) is 2.55. The summed E-state index contributed by atoms with van der Waals surface area (Å²) in [7, 11) is 0. The lowest BCUT2D eigenvalue weighted by Crippen LogP contribution is -2.56. The SMILES string of the molecule is O=C(NC(C(=O)NC(Cc1cscn1)C(=O)NO)C1CCCCC1)OCc1ccccc1. The van der Waals surface area contributed by atoms with Crippen LogP contribution in [0, 0.1) is 5.92 Å². The van der Waals surface area contributed by atoms with Gasteiger partial charge in [0.05, 0.1) is 11.2 Å². The van der Waals surface area contributed by atoms with Gasteiger partial charge in [-0.05, 0) is 24.3 Å². The van der Waals surface area contributed by atoms with E-state index < -0.39 is 30.0 Å². The highest BCUT2D eigenvalue weighted by molar-refractivity contribution is 7.07. The monoisotopic (exact) mass is 460 g/mol. The molecule has 0 radical (unpaired) electrons. The molecule has 1 aromatic carbocycles. The van der Waals surface area contributed by atoms with Crippen molar-refractivity contribution in [1.82, 2.24) is 21.1 Å². The van der Waals surface area contributed by atoms with Gasteiger partial charge in [0, 0.05) is 11.8 Å². The normalized spacial score (nSPS) is 15.9. The standard InChI is InChI=1S/C22H28N4O5S/c27-20(26-30)18(11-17-13-32-14-23-17)24-21(28)19(16-9-5-2-6-10-16)25-22(29)31-12-15-7-3-1-4-8-15/h1,3-4,7-8,13-14,16,18-19,30H,2,5-6,9-12H2,(H,24,28)(H,25,29)(H,26,27). The van der Waals surface area contributed by atoms with Crippen molar-refractivity contribution < 1.29 is 24.3 Å². The Morgan fingerprint density at radius 1 is 1.09 bits per heavy atom. The van der Waals surface area contributed by atoms with Crippen LogP contribution in [0.4, 0.5) is 4.79 Å². The molecule has 0 spiro atoms. The van der Waals surface area contributed by atoms with E-state index in [4.69, 9.17) is 9.94 Å². The molecule has 3 amide bonds. The highest BCUT2D eigenvalue weighted by Crippen LogP contribution is 2.27. The molecule has 1 aliphatic rings. The Hall–Kier alpha value is -2.98. The zero-order chi connectivity index (χ0) is 22.8. The average Bonchev–Trinajstić information content (AvgIpc) is 3.34. The van der Waals surface area contributed by atoms with Crippen LogP contribution in [0.15, 0.2) is 41.2 Å². The summed E-state index contributed by atoms with van der Waals surface area (Å²) in [5.74, 6) is -1.30. The van der Waals surface area contributed by atoms with Crippen molar-refractivity contribution in [1.29, 1.82) is 0 Å². The zero-order valence-corrected chi connectivity index (χ0v) is 18.5. The first-order chi connectivity index (χ1) is 15.6. The highest BCUT2D eigenvalue weighted by Gasteiger charge is 2.34. The van der Waals surface area contributed by atoms with Crippen LogP contribution in [0.5, 0.6) is 0 Å². The van der Waals surface area contributed by atoms with Crippen molar-refractivity contribution in [2.45, 2.75) is 57.2 Å². The van der Waals surface area contributed by atoms with E-state index in [9.17, 15) is 14.4 Å². The van der Waals surface area contributed by atoms with E-state index in [1.165, 1.54) is 11.3 Å². The summed E-state index contributed by atoms with van der Waals surface area (Å²) in [5, 5.41) is 16.2. The Morgan fingerprint density at radius 2 is 1.84 bits per heavy atom. The van der Waals surface area contributed by atoms with Crippen LogP contribution in [0.2, 0.25) is 0 Å². The Morgan fingerprint density at radius 3 is 2.50 bits per heavy atom. The minimum Gasteiger partial charge on any atom is -0.445 e. The molecule has 172 valence electrons. The number of hydrogen-bond donors (Lipinski definition) is 4. The lowest BCUT2D eigenvalue weighted by molar-refractivity contribution is -0.135. The fraction of sp³-hybridized carbons (Fsp3) is 0.455. The number of hydrogen-bond acceptors (Lipinski definition) is 7. The molecule has 9 nitrogen and oxygen atoms in total. The smallest absolute Gasteiger partial charge is 0.408 e. The summed E-state index contributed by atoms with van der Waals surface area (Å²) in [6, 6.07) is 7.39. The Labute approximate surface area is 190 Å². The van der Waals surface area contributed by atoms with Gasteiger partial charge in [0.15, 0.2) is 0 Å². The molecule has 0 saturated heterocycles. The molecule has 4 N–H and O–H groups in total. The van der Waals surface area contributed by atoms with Crippen molar-refractivity contribution in [3.05, 3.63) is 52.5 Å². The number of nitrogens with one attached hydrogen (secondary N) is 3. The Bertz CT molecular complexity index is 872. The first-order valence-electron chi connectivity index (χ1n) is 10.7. The third-order valence-electron chi connectivity index (χ3n) is 5.53. The number of benzene rings is 1. The molecule has 2 aromatic rings. The number of ether oxygens (including phenoxy) is 1. The molecule has 1 saturated carbocycles. The maximum Gasteiger partial charge on any atom is 0.408 e. The van der Waals surface area contributed by atoms with Crippen molar-refractivity contribution in [3.63, 3.8) is 0 Å². The number of nitrogens with zero attached hydrogens (tertiary/aromatic N) is 1. The molecule has 1 heterocycles. The van der Waals surface area contributed by atoms with E-state index in [0.29, 0.717) is 5.69 Å². The number of rotatable bonds is 9. The number of alkyl carbamates (subject to hydrolysis) is 1. The van der Waals surface area contributed by atoms with Gasteiger partial charge in [0.2, 0.25) is 5.91 Å². The molecule has 32 heavy (non-hydrogen) atoms. The summed E-state index contributed by atoms with van der Waals surface area (Å²) in [6.45, 7) is 0.0883. The largest absolute Gasteiger partial charge is 0.445 e. The van der Waals surface area contributed by atoms with Crippen LogP contribution in [0.1, 0.15) is 43.4 Å². The average molecular weight is 461 g/mol. The van der Waals surface area contributed by atoms with Crippen molar-refractivity contribution >= 4 is 29.2 Å². The number of thiazole rings is 1. The summed E-state index contributed by atoms with van der Waals surface area (Å²) in [6.07, 6.45) is 4.03. The van der Waals surface area contributed by atoms with Crippen LogP contribution >= 0.6 is 11.3 Å². The molecule has 1 aliphatic carbocycles.